The van der Waals surface area contributed by atoms with Gasteiger partial charge >= 0.3 is 0 Å². The summed E-state index contributed by atoms with van der Waals surface area (Å²) in [4.78, 5) is 0.261. The highest BCUT2D eigenvalue weighted by molar-refractivity contribution is 9.10. The zero-order chi connectivity index (χ0) is 14.0. The molecule has 4 nitrogen and oxygen atoms in total. The van der Waals surface area contributed by atoms with Crippen LogP contribution in [0.4, 0.5) is 11.4 Å². The molecule has 6 heteroatoms. The number of aryl methyl sites for hydroxylation is 1. The van der Waals surface area contributed by atoms with Gasteiger partial charge in [0.15, 0.2) is 0 Å². The van der Waals surface area contributed by atoms with Gasteiger partial charge in [-0.2, -0.15) is 0 Å². The molecule has 0 unspecified atom stereocenters. The van der Waals surface area contributed by atoms with Crippen molar-refractivity contribution < 1.29 is 8.42 Å². The Balaban J connectivity index is 2.37. The third-order valence-corrected chi connectivity index (χ3v) is 4.90. The molecule has 0 saturated carbocycles. The number of rotatable bonds is 3. The average Bonchev–Trinajstić information content (AvgIpc) is 2.34. The maximum absolute atomic E-state index is 12.3. The van der Waals surface area contributed by atoms with Crippen LogP contribution in [0.15, 0.2) is 51.8 Å². The molecule has 3 N–H and O–H groups in total. The van der Waals surface area contributed by atoms with E-state index in [1.54, 1.807) is 49.4 Å². The summed E-state index contributed by atoms with van der Waals surface area (Å²) in [6.07, 6.45) is 0. The highest BCUT2D eigenvalue weighted by atomic mass is 79.9. The SMILES string of the molecule is Cc1ccccc1S(=O)(=O)Nc1ccc(Br)c(N)c1. The standard InChI is InChI=1S/C13H13BrN2O2S/c1-9-4-2-3-5-13(9)19(17,18)16-10-6-7-11(14)12(15)8-10/h2-8,16H,15H2,1H3. The third kappa shape index (κ3) is 3.08. The first kappa shape index (κ1) is 13.9. The fourth-order valence-corrected chi connectivity index (χ4v) is 3.22. The van der Waals surface area contributed by atoms with Crippen LogP contribution in [0.2, 0.25) is 0 Å². The van der Waals surface area contributed by atoms with Gasteiger partial charge in [0, 0.05) is 10.2 Å². The van der Waals surface area contributed by atoms with Crippen molar-refractivity contribution in [1.82, 2.24) is 0 Å². The highest BCUT2D eigenvalue weighted by Gasteiger charge is 2.16. The van der Waals surface area contributed by atoms with Crippen LogP contribution in [0.25, 0.3) is 0 Å². The van der Waals surface area contributed by atoms with Gasteiger partial charge in [0.1, 0.15) is 0 Å². The summed E-state index contributed by atoms with van der Waals surface area (Å²) in [6, 6.07) is 11.7. The predicted octanol–water partition coefficient (Wildman–Crippen LogP) is 3.14. The van der Waals surface area contributed by atoms with E-state index in [9.17, 15) is 8.42 Å². The van der Waals surface area contributed by atoms with Crippen molar-refractivity contribution in [3.8, 4) is 0 Å². The lowest BCUT2D eigenvalue weighted by atomic mass is 10.2. The van der Waals surface area contributed by atoms with E-state index in [0.29, 0.717) is 16.9 Å². The lowest BCUT2D eigenvalue weighted by Gasteiger charge is -2.11. The van der Waals surface area contributed by atoms with Gasteiger partial charge in [0.25, 0.3) is 10.0 Å². The normalized spacial score (nSPS) is 11.3. The van der Waals surface area contributed by atoms with Crippen LogP contribution in [0.1, 0.15) is 5.56 Å². The second kappa shape index (κ2) is 5.22. The Morgan fingerprint density at radius 3 is 2.47 bits per heavy atom. The Bertz CT molecular complexity index is 714. The number of hydrogen-bond acceptors (Lipinski definition) is 3. The summed E-state index contributed by atoms with van der Waals surface area (Å²) in [6.45, 7) is 1.75. The third-order valence-electron chi connectivity index (χ3n) is 2.63. The Hall–Kier alpha value is -1.53. The van der Waals surface area contributed by atoms with E-state index < -0.39 is 10.0 Å². The summed E-state index contributed by atoms with van der Waals surface area (Å²) < 4.78 is 27.8. The number of nitrogen functional groups attached to an aromatic ring is 1. The fraction of sp³-hybridized carbons (Fsp3) is 0.0769. The Morgan fingerprint density at radius 1 is 1.16 bits per heavy atom. The van der Waals surface area contributed by atoms with Crippen LogP contribution < -0.4 is 10.5 Å². The Kier molecular flexibility index (Phi) is 3.82. The largest absolute Gasteiger partial charge is 0.398 e. The monoisotopic (exact) mass is 340 g/mol. The van der Waals surface area contributed by atoms with Crippen LogP contribution in [0.5, 0.6) is 0 Å². The topological polar surface area (TPSA) is 72.2 Å². The first-order valence-electron chi connectivity index (χ1n) is 5.53. The molecule has 2 rings (SSSR count). The number of anilines is 2. The molecule has 2 aromatic carbocycles. The van der Waals surface area contributed by atoms with Crippen molar-refractivity contribution in [3.05, 3.63) is 52.5 Å². The maximum atomic E-state index is 12.3. The highest BCUT2D eigenvalue weighted by Crippen LogP contribution is 2.25. The molecule has 0 bridgehead atoms. The first-order chi connectivity index (χ1) is 8.90. The summed E-state index contributed by atoms with van der Waals surface area (Å²) in [5, 5.41) is 0. The molecule has 0 fully saturated rings. The summed E-state index contributed by atoms with van der Waals surface area (Å²) in [7, 11) is -3.59. The number of halogens is 1. The smallest absolute Gasteiger partial charge is 0.262 e. The minimum atomic E-state index is -3.59. The lowest BCUT2D eigenvalue weighted by Crippen LogP contribution is -2.14. The van der Waals surface area contributed by atoms with Gasteiger partial charge in [-0.25, -0.2) is 8.42 Å². The average molecular weight is 341 g/mol. The van der Waals surface area contributed by atoms with E-state index in [4.69, 9.17) is 5.73 Å². The van der Waals surface area contributed by atoms with Crippen molar-refractivity contribution in [2.45, 2.75) is 11.8 Å². The van der Waals surface area contributed by atoms with E-state index in [1.165, 1.54) is 0 Å². The second-order valence-electron chi connectivity index (χ2n) is 4.11. The van der Waals surface area contributed by atoms with Crippen LogP contribution in [0, 0.1) is 6.92 Å². The van der Waals surface area contributed by atoms with Crippen molar-refractivity contribution in [3.63, 3.8) is 0 Å². The number of benzene rings is 2. The predicted molar refractivity (Wildman–Crippen MR) is 80.5 cm³/mol. The van der Waals surface area contributed by atoms with Crippen LogP contribution >= 0.6 is 15.9 Å². The Morgan fingerprint density at radius 2 is 1.84 bits per heavy atom. The molecule has 0 saturated heterocycles. The van der Waals surface area contributed by atoms with Gasteiger partial charge in [0.2, 0.25) is 0 Å². The lowest BCUT2D eigenvalue weighted by molar-refractivity contribution is 0.600. The van der Waals surface area contributed by atoms with Crippen LogP contribution in [-0.4, -0.2) is 8.42 Å². The minimum absolute atomic E-state index is 0.261. The quantitative estimate of drug-likeness (QED) is 0.843. The summed E-state index contributed by atoms with van der Waals surface area (Å²) >= 11 is 3.26. The second-order valence-corrected chi connectivity index (χ2v) is 6.61. The Labute approximate surface area is 120 Å². The molecular formula is C13H13BrN2O2S. The van der Waals surface area contributed by atoms with Gasteiger partial charge in [0.05, 0.1) is 10.6 Å². The van der Waals surface area contributed by atoms with Crippen LogP contribution in [0.3, 0.4) is 0 Å². The zero-order valence-corrected chi connectivity index (χ0v) is 12.6. The van der Waals surface area contributed by atoms with E-state index in [1.807, 2.05) is 0 Å². The van der Waals surface area contributed by atoms with Crippen molar-refractivity contribution >= 4 is 37.3 Å². The van der Waals surface area contributed by atoms with Crippen molar-refractivity contribution in [2.75, 3.05) is 10.5 Å². The molecule has 0 aliphatic carbocycles. The number of nitrogens with two attached hydrogens (primary N) is 1. The molecule has 0 aliphatic rings. The van der Waals surface area contributed by atoms with Gasteiger partial charge in [-0.15, -0.1) is 0 Å². The molecule has 2 aromatic rings. The molecule has 0 amide bonds. The number of hydrogen-bond donors (Lipinski definition) is 2. The molecule has 0 aliphatic heterocycles. The first-order valence-corrected chi connectivity index (χ1v) is 7.81. The van der Waals surface area contributed by atoms with E-state index >= 15 is 0 Å². The van der Waals surface area contributed by atoms with Gasteiger partial charge < -0.3 is 5.73 Å². The van der Waals surface area contributed by atoms with Crippen LogP contribution in [-0.2, 0) is 10.0 Å². The summed E-state index contributed by atoms with van der Waals surface area (Å²) in [5.41, 5.74) is 7.33. The van der Waals surface area contributed by atoms with E-state index in [-0.39, 0.29) is 4.90 Å². The molecule has 0 radical (unpaired) electrons. The molecule has 0 aromatic heterocycles. The number of nitrogens with one attached hydrogen (secondary N) is 1. The molecule has 0 atom stereocenters. The molecule has 100 valence electrons. The zero-order valence-electron chi connectivity index (χ0n) is 10.2. The van der Waals surface area contributed by atoms with Gasteiger partial charge in [-0.3, -0.25) is 4.72 Å². The molecule has 0 spiro atoms. The van der Waals surface area contributed by atoms with Gasteiger partial charge in [-0.05, 0) is 52.7 Å². The molecular weight excluding hydrogens is 328 g/mol. The van der Waals surface area contributed by atoms with E-state index in [2.05, 4.69) is 20.7 Å². The minimum Gasteiger partial charge on any atom is -0.398 e. The van der Waals surface area contributed by atoms with Crippen molar-refractivity contribution in [2.24, 2.45) is 0 Å². The fourth-order valence-electron chi connectivity index (χ4n) is 1.68. The van der Waals surface area contributed by atoms with E-state index in [0.717, 1.165) is 4.47 Å². The number of sulfonamides is 1. The molecule has 0 heterocycles. The van der Waals surface area contributed by atoms with Crippen molar-refractivity contribution in [1.29, 1.82) is 0 Å². The maximum Gasteiger partial charge on any atom is 0.262 e. The molecule has 19 heavy (non-hydrogen) atoms. The summed E-state index contributed by atoms with van der Waals surface area (Å²) in [5.74, 6) is 0. The van der Waals surface area contributed by atoms with Gasteiger partial charge in [-0.1, -0.05) is 18.2 Å².